The molecule has 0 aliphatic carbocycles. The average Bonchev–Trinajstić information content (AvgIpc) is 2.57. The summed E-state index contributed by atoms with van der Waals surface area (Å²) < 4.78 is 1.50. The Morgan fingerprint density at radius 1 is 1.44 bits per heavy atom. The lowest BCUT2D eigenvalue weighted by Gasteiger charge is -2.14. The van der Waals surface area contributed by atoms with Gasteiger partial charge in [-0.2, -0.15) is 0 Å². The van der Waals surface area contributed by atoms with Gasteiger partial charge < -0.3 is 10.2 Å². The highest BCUT2D eigenvalue weighted by atomic mass is 79.9. The Bertz CT molecular complexity index is 555. The maximum absolute atomic E-state index is 11.5. The number of carbonyl (C=O) groups excluding carboxylic acids is 1. The number of benzene rings is 1. The van der Waals surface area contributed by atoms with E-state index in [1.807, 2.05) is 43.3 Å². The Kier molecular flexibility index (Phi) is 4.09. The van der Waals surface area contributed by atoms with Crippen LogP contribution in [0, 0.1) is 0 Å². The molecule has 1 aliphatic heterocycles. The number of thiocarbonyl (C=S) groups is 1. The molecule has 1 amide bonds. The third-order valence-electron chi connectivity index (χ3n) is 2.39. The Morgan fingerprint density at radius 2 is 2.17 bits per heavy atom. The highest BCUT2D eigenvalue weighted by molar-refractivity contribution is 9.10. The zero-order valence-corrected chi connectivity index (χ0v) is 13.1. The van der Waals surface area contributed by atoms with Crippen molar-refractivity contribution in [3.63, 3.8) is 0 Å². The summed E-state index contributed by atoms with van der Waals surface area (Å²) in [5, 5.41) is 2.60. The molecule has 0 aromatic heterocycles. The molecule has 3 nitrogen and oxygen atoms in total. The van der Waals surface area contributed by atoms with Crippen molar-refractivity contribution in [2.75, 3.05) is 19.0 Å². The predicted octanol–water partition coefficient (Wildman–Crippen LogP) is 3.00. The summed E-state index contributed by atoms with van der Waals surface area (Å²) in [6.07, 6.45) is 1.84. The molecule has 2 rings (SSSR count). The zero-order chi connectivity index (χ0) is 13.3. The van der Waals surface area contributed by atoms with Crippen LogP contribution in [0.25, 0.3) is 6.08 Å². The second-order valence-corrected chi connectivity index (χ2v) is 6.53. The van der Waals surface area contributed by atoms with Gasteiger partial charge in [0.2, 0.25) is 0 Å². The van der Waals surface area contributed by atoms with E-state index in [0.29, 0.717) is 9.23 Å². The molecule has 0 spiro atoms. The summed E-state index contributed by atoms with van der Waals surface area (Å²) in [4.78, 5) is 14.2. The van der Waals surface area contributed by atoms with E-state index in [1.165, 1.54) is 11.8 Å². The average molecular weight is 343 g/mol. The van der Waals surface area contributed by atoms with Crippen LogP contribution in [0.2, 0.25) is 0 Å². The summed E-state index contributed by atoms with van der Waals surface area (Å²) in [5.74, 6) is -0.127. The number of hydrogen-bond donors (Lipinski definition) is 1. The quantitative estimate of drug-likeness (QED) is 0.661. The largest absolute Gasteiger partial charge is 0.377 e. The van der Waals surface area contributed by atoms with Crippen molar-refractivity contribution < 1.29 is 4.79 Å². The molecule has 1 aromatic rings. The maximum atomic E-state index is 11.5. The molecule has 0 unspecified atom stereocenters. The molecule has 6 heteroatoms. The van der Waals surface area contributed by atoms with Crippen LogP contribution in [-0.4, -0.2) is 24.3 Å². The topological polar surface area (TPSA) is 32.3 Å². The number of rotatable bonds is 2. The number of anilines is 1. The van der Waals surface area contributed by atoms with Crippen LogP contribution < -0.4 is 10.2 Å². The van der Waals surface area contributed by atoms with Crippen molar-refractivity contribution in [2.45, 2.75) is 0 Å². The van der Waals surface area contributed by atoms with Gasteiger partial charge in [-0.05, 0) is 39.7 Å². The molecule has 0 saturated carbocycles. The molecule has 1 aliphatic rings. The lowest BCUT2D eigenvalue weighted by atomic mass is 10.2. The van der Waals surface area contributed by atoms with E-state index in [1.54, 1.807) is 0 Å². The molecule has 94 valence electrons. The van der Waals surface area contributed by atoms with Gasteiger partial charge in [-0.1, -0.05) is 30.0 Å². The summed E-state index contributed by atoms with van der Waals surface area (Å²) in [6.45, 7) is 0. The number of halogens is 1. The fraction of sp³-hybridized carbons (Fsp3) is 0.167. The minimum absolute atomic E-state index is 0.127. The van der Waals surface area contributed by atoms with Gasteiger partial charge in [-0.15, -0.1) is 0 Å². The summed E-state index contributed by atoms with van der Waals surface area (Å²) >= 11 is 9.76. The molecule has 1 aromatic carbocycles. The van der Waals surface area contributed by atoms with Crippen LogP contribution in [-0.2, 0) is 4.79 Å². The molecule has 1 fully saturated rings. The molecule has 1 N–H and O–H groups in total. The van der Waals surface area contributed by atoms with Gasteiger partial charge in [0.15, 0.2) is 0 Å². The minimum Gasteiger partial charge on any atom is -0.377 e. The number of hydrogen-bond acceptors (Lipinski definition) is 4. The van der Waals surface area contributed by atoms with Crippen LogP contribution in [0.3, 0.4) is 0 Å². The highest BCUT2D eigenvalue weighted by Gasteiger charge is 2.21. The summed E-state index contributed by atoms with van der Waals surface area (Å²) in [5.41, 5.74) is 2.06. The van der Waals surface area contributed by atoms with Gasteiger partial charge in [0, 0.05) is 18.6 Å². The molecule has 0 bridgehead atoms. The van der Waals surface area contributed by atoms with E-state index in [9.17, 15) is 4.79 Å². The first-order valence-electron chi connectivity index (χ1n) is 5.19. The summed E-state index contributed by atoms with van der Waals surface area (Å²) in [7, 11) is 3.97. The van der Waals surface area contributed by atoms with Crippen LogP contribution in [0.1, 0.15) is 5.56 Å². The van der Waals surface area contributed by atoms with Crippen molar-refractivity contribution in [3.8, 4) is 0 Å². The van der Waals surface area contributed by atoms with Gasteiger partial charge in [0.25, 0.3) is 5.91 Å². The number of amides is 1. The number of carbonyl (C=O) groups is 1. The van der Waals surface area contributed by atoms with Crippen LogP contribution >= 0.6 is 39.9 Å². The molecule has 0 radical (unpaired) electrons. The van der Waals surface area contributed by atoms with E-state index >= 15 is 0 Å². The molecule has 1 saturated heterocycles. The lowest BCUT2D eigenvalue weighted by molar-refractivity contribution is -0.115. The van der Waals surface area contributed by atoms with Crippen LogP contribution in [0.5, 0.6) is 0 Å². The Morgan fingerprint density at radius 3 is 2.67 bits per heavy atom. The number of nitrogens with one attached hydrogen (secondary N) is 1. The third-order valence-corrected chi connectivity index (χ3v) is 4.19. The third kappa shape index (κ3) is 2.93. The van der Waals surface area contributed by atoms with E-state index in [-0.39, 0.29) is 5.91 Å². The van der Waals surface area contributed by atoms with Crippen molar-refractivity contribution in [2.24, 2.45) is 0 Å². The van der Waals surface area contributed by atoms with Gasteiger partial charge >= 0.3 is 0 Å². The van der Waals surface area contributed by atoms with E-state index in [4.69, 9.17) is 12.2 Å². The van der Waals surface area contributed by atoms with Gasteiger partial charge in [0.1, 0.15) is 4.32 Å². The first-order chi connectivity index (χ1) is 8.47. The molecular formula is C12H11BrN2OS2. The summed E-state index contributed by atoms with van der Waals surface area (Å²) in [6, 6.07) is 5.96. The second kappa shape index (κ2) is 5.42. The van der Waals surface area contributed by atoms with Crippen molar-refractivity contribution in [1.29, 1.82) is 0 Å². The molecule has 0 atom stereocenters. The zero-order valence-electron chi connectivity index (χ0n) is 9.86. The van der Waals surface area contributed by atoms with Crippen LogP contribution in [0.15, 0.2) is 27.6 Å². The first kappa shape index (κ1) is 13.6. The van der Waals surface area contributed by atoms with Crippen molar-refractivity contribution in [3.05, 3.63) is 33.1 Å². The van der Waals surface area contributed by atoms with Gasteiger partial charge in [-0.3, -0.25) is 4.79 Å². The monoisotopic (exact) mass is 342 g/mol. The van der Waals surface area contributed by atoms with E-state index in [0.717, 1.165) is 15.7 Å². The first-order valence-corrected chi connectivity index (χ1v) is 7.21. The fourth-order valence-corrected chi connectivity index (χ4v) is 3.34. The smallest absolute Gasteiger partial charge is 0.263 e. The normalized spacial score (nSPS) is 17.2. The Labute approximate surface area is 124 Å². The van der Waals surface area contributed by atoms with Gasteiger partial charge in [-0.25, -0.2) is 0 Å². The standard InChI is InChI=1S/C12H11BrN2OS2/c1-15(2)9-4-3-7(5-8(9)13)6-10-11(16)14-12(17)18-10/h3-6H,1-2H3,(H,14,16,17)/b10-6+. The molecule has 18 heavy (non-hydrogen) atoms. The number of thioether (sulfide) groups is 1. The highest BCUT2D eigenvalue weighted by Crippen LogP contribution is 2.29. The lowest BCUT2D eigenvalue weighted by Crippen LogP contribution is -2.17. The van der Waals surface area contributed by atoms with Crippen molar-refractivity contribution >= 4 is 61.9 Å². The van der Waals surface area contributed by atoms with Crippen molar-refractivity contribution in [1.82, 2.24) is 5.32 Å². The second-order valence-electron chi connectivity index (χ2n) is 3.96. The molecule has 1 heterocycles. The number of nitrogens with zero attached hydrogens (tertiary/aromatic N) is 1. The van der Waals surface area contributed by atoms with Gasteiger partial charge in [0.05, 0.1) is 10.6 Å². The van der Waals surface area contributed by atoms with E-state index in [2.05, 4.69) is 21.2 Å². The predicted molar refractivity (Wildman–Crippen MR) is 84.8 cm³/mol. The van der Waals surface area contributed by atoms with E-state index < -0.39 is 0 Å². The minimum atomic E-state index is -0.127. The maximum Gasteiger partial charge on any atom is 0.263 e. The van der Waals surface area contributed by atoms with Crippen LogP contribution in [0.4, 0.5) is 5.69 Å². The fourth-order valence-electron chi connectivity index (χ4n) is 1.55. The Hall–Kier alpha value is -0.850. The molecular weight excluding hydrogens is 332 g/mol. The SMILES string of the molecule is CN(C)c1ccc(/C=C2/SC(=S)NC2=O)cc1Br. The Balaban J connectivity index is 2.31.